The zero-order chi connectivity index (χ0) is 14.8. The first-order valence-electron chi connectivity index (χ1n) is 7.03. The second-order valence-corrected chi connectivity index (χ2v) is 6.30. The van der Waals surface area contributed by atoms with E-state index in [1.54, 1.807) is 29.0 Å². The highest BCUT2D eigenvalue weighted by Gasteiger charge is 2.24. The van der Waals surface area contributed by atoms with E-state index in [1.807, 2.05) is 19.2 Å². The molecule has 1 atom stereocenters. The van der Waals surface area contributed by atoms with Crippen molar-refractivity contribution in [1.29, 1.82) is 0 Å². The normalized spacial score (nSPS) is 19.8. The van der Waals surface area contributed by atoms with Gasteiger partial charge in [-0.25, -0.2) is 4.98 Å². The molecule has 0 bridgehead atoms. The minimum atomic E-state index is 0.0351. The summed E-state index contributed by atoms with van der Waals surface area (Å²) in [5, 5.41) is 3.10. The Labute approximate surface area is 127 Å². The minimum Gasteiger partial charge on any atom is -0.368 e. The Morgan fingerprint density at radius 2 is 2.38 bits per heavy atom. The van der Waals surface area contributed by atoms with Gasteiger partial charge in [0, 0.05) is 50.0 Å². The van der Waals surface area contributed by atoms with Crippen molar-refractivity contribution >= 4 is 11.3 Å². The first-order valence-corrected chi connectivity index (χ1v) is 7.91. The first kappa shape index (κ1) is 14.4. The molecule has 0 aromatic carbocycles. The second kappa shape index (κ2) is 6.09. The van der Waals surface area contributed by atoms with Crippen LogP contribution in [0.1, 0.15) is 22.4 Å². The molecule has 1 fully saturated rings. The molecule has 0 saturated carbocycles. The summed E-state index contributed by atoms with van der Waals surface area (Å²) in [5.74, 6) is 0. The summed E-state index contributed by atoms with van der Waals surface area (Å²) in [4.78, 5) is 18.5. The Bertz CT molecular complexity index is 680. The molecule has 1 aliphatic rings. The number of pyridine rings is 1. The van der Waals surface area contributed by atoms with Gasteiger partial charge < -0.3 is 9.30 Å². The van der Waals surface area contributed by atoms with Crippen LogP contribution in [0, 0.1) is 6.92 Å². The molecule has 0 amide bonds. The summed E-state index contributed by atoms with van der Waals surface area (Å²) in [7, 11) is 1.77. The predicted octanol–water partition coefficient (Wildman–Crippen LogP) is 1.72. The van der Waals surface area contributed by atoms with Crippen molar-refractivity contribution in [3.8, 4) is 0 Å². The Balaban J connectivity index is 1.68. The molecule has 21 heavy (non-hydrogen) atoms. The van der Waals surface area contributed by atoms with E-state index in [-0.39, 0.29) is 11.7 Å². The van der Waals surface area contributed by atoms with E-state index in [2.05, 4.69) is 15.3 Å². The molecule has 0 aliphatic carbocycles. The molecule has 3 heterocycles. The number of morpholine rings is 1. The molecule has 1 saturated heterocycles. The third-order valence-corrected chi connectivity index (χ3v) is 4.69. The van der Waals surface area contributed by atoms with Gasteiger partial charge >= 0.3 is 0 Å². The second-order valence-electron chi connectivity index (χ2n) is 5.41. The molecular weight excluding hydrogens is 286 g/mol. The minimum absolute atomic E-state index is 0.0351. The lowest BCUT2D eigenvalue weighted by atomic mass is 10.2. The van der Waals surface area contributed by atoms with Crippen molar-refractivity contribution in [1.82, 2.24) is 14.5 Å². The number of hydrogen-bond donors (Lipinski definition) is 0. The lowest BCUT2D eigenvalue weighted by molar-refractivity contribution is -0.0330. The zero-order valence-corrected chi connectivity index (χ0v) is 13.1. The smallest absolute Gasteiger partial charge is 0.250 e. The van der Waals surface area contributed by atoms with Crippen LogP contribution < -0.4 is 5.56 Å². The van der Waals surface area contributed by atoms with Crippen LogP contribution in [0.5, 0.6) is 0 Å². The van der Waals surface area contributed by atoms with Crippen molar-refractivity contribution in [3.63, 3.8) is 0 Å². The van der Waals surface area contributed by atoms with Crippen LogP contribution >= 0.6 is 11.3 Å². The number of ether oxygens (including phenoxy) is 1. The van der Waals surface area contributed by atoms with Gasteiger partial charge in [0.15, 0.2) is 0 Å². The van der Waals surface area contributed by atoms with Gasteiger partial charge in [-0.2, -0.15) is 0 Å². The van der Waals surface area contributed by atoms with Crippen molar-refractivity contribution in [3.05, 3.63) is 50.3 Å². The highest BCUT2D eigenvalue weighted by Crippen LogP contribution is 2.25. The average Bonchev–Trinajstić information content (AvgIpc) is 2.90. The fraction of sp³-hybridized carbons (Fsp3) is 0.467. The molecule has 2 aromatic rings. The number of thiazole rings is 1. The number of hydrogen-bond acceptors (Lipinski definition) is 5. The Kier molecular flexibility index (Phi) is 4.19. The number of nitrogens with zero attached hydrogens (tertiary/aromatic N) is 3. The summed E-state index contributed by atoms with van der Waals surface area (Å²) >= 11 is 1.65. The largest absolute Gasteiger partial charge is 0.368 e. The van der Waals surface area contributed by atoms with Gasteiger partial charge in [0.05, 0.1) is 6.61 Å². The van der Waals surface area contributed by atoms with Gasteiger partial charge in [-0.3, -0.25) is 9.69 Å². The van der Waals surface area contributed by atoms with Gasteiger partial charge in [0.1, 0.15) is 11.1 Å². The van der Waals surface area contributed by atoms with Crippen LogP contribution in [0.2, 0.25) is 0 Å². The molecule has 1 aliphatic heterocycles. The number of aromatic nitrogens is 2. The van der Waals surface area contributed by atoms with Crippen molar-refractivity contribution < 1.29 is 4.74 Å². The fourth-order valence-electron chi connectivity index (χ4n) is 2.46. The lowest BCUT2D eigenvalue weighted by Gasteiger charge is -2.31. The maximum Gasteiger partial charge on any atom is 0.250 e. The summed E-state index contributed by atoms with van der Waals surface area (Å²) in [5.41, 5.74) is 2.13. The quantitative estimate of drug-likeness (QED) is 0.866. The molecule has 0 spiro atoms. The fourth-order valence-corrected chi connectivity index (χ4v) is 3.30. The van der Waals surface area contributed by atoms with E-state index >= 15 is 0 Å². The third-order valence-electron chi connectivity index (χ3n) is 3.64. The topological polar surface area (TPSA) is 47.4 Å². The molecule has 0 N–H and O–H groups in total. The van der Waals surface area contributed by atoms with Gasteiger partial charge in [-0.1, -0.05) is 0 Å². The molecule has 6 heteroatoms. The monoisotopic (exact) mass is 305 g/mol. The van der Waals surface area contributed by atoms with Gasteiger partial charge in [0.2, 0.25) is 0 Å². The maximum absolute atomic E-state index is 11.7. The van der Waals surface area contributed by atoms with E-state index in [0.29, 0.717) is 6.61 Å². The molecule has 2 aromatic heterocycles. The van der Waals surface area contributed by atoms with Gasteiger partial charge in [0.25, 0.3) is 5.56 Å². The SMILES string of the molecule is Cc1csc([C@H]2CN(Cc3ccn(C)c(=O)c3)CCO2)n1. The van der Waals surface area contributed by atoms with Crippen LogP contribution in [-0.2, 0) is 18.3 Å². The highest BCUT2D eigenvalue weighted by molar-refractivity contribution is 7.09. The molecule has 3 rings (SSSR count). The van der Waals surface area contributed by atoms with Crippen LogP contribution in [-0.4, -0.2) is 34.1 Å². The Hall–Kier alpha value is -1.50. The van der Waals surface area contributed by atoms with Crippen LogP contribution in [0.25, 0.3) is 0 Å². The summed E-state index contributed by atoms with van der Waals surface area (Å²) < 4.78 is 7.42. The van der Waals surface area contributed by atoms with Gasteiger partial charge in [-0.05, 0) is 18.6 Å². The Morgan fingerprint density at radius 3 is 3.10 bits per heavy atom. The predicted molar refractivity (Wildman–Crippen MR) is 82.5 cm³/mol. The molecular formula is C15H19N3O2S. The van der Waals surface area contributed by atoms with Crippen LogP contribution in [0.3, 0.4) is 0 Å². The number of aryl methyl sites for hydroxylation is 2. The van der Waals surface area contributed by atoms with Crippen molar-refractivity contribution in [2.75, 3.05) is 19.7 Å². The standard InChI is InChI=1S/C15H19N3O2S/c1-11-10-21-15(16-11)13-9-18(5-6-20-13)8-12-3-4-17(2)14(19)7-12/h3-4,7,10,13H,5-6,8-9H2,1-2H3/t13-/m1/s1. The molecule has 5 nitrogen and oxygen atoms in total. The third kappa shape index (κ3) is 3.40. The summed E-state index contributed by atoms with van der Waals surface area (Å²) in [6.07, 6.45) is 1.86. The van der Waals surface area contributed by atoms with E-state index in [1.165, 1.54) is 0 Å². The molecule has 0 unspecified atom stereocenters. The van der Waals surface area contributed by atoms with E-state index < -0.39 is 0 Å². The van der Waals surface area contributed by atoms with Crippen LogP contribution in [0.4, 0.5) is 0 Å². The molecule has 0 radical (unpaired) electrons. The first-order chi connectivity index (χ1) is 10.1. The Morgan fingerprint density at radius 1 is 1.52 bits per heavy atom. The van der Waals surface area contributed by atoms with E-state index in [9.17, 15) is 4.79 Å². The highest BCUT2D eigenvalue weighted by atomic mass is 32.1. The van der Waals surface area contributed by atoms with Gasteiger partial charge in [-0.15, -0.1) is 11.3 Å². The summed E-state index contributed by atoms with van der Waals surface area (Å²) in [6.45, 7) is 5.19. The van der Waals surface area contributed by atoms with E-state index in [0.717, 1.165) is 35.9 Å². The van der Waals surface area contributed by atoms with Crippen molar-refractivity contribution in [2.24, 2.45) is 7.05 Å². The maximum atomic E-state index is 11.7. The lowest BCUT2D eigenvalue weighted by Crippen LogP contribution is -2.38. The zero-order valence-electron chi connectivity index (χ0n) is 12.3. The number of rotatable bonds is 3. The van der Waals surface area contributed by atoms with Crippen LogP contribution in [0.15, 0.2) is 28.5 Å². The average molecular weight is 305 g/mol. The van der Waals surface area contributed by atoms with Crippen molar-refractivity contribution in [2.45, 2.75) is 19.6 Å². The molecule has 112 valence electrons. The summed E-state index contributed by atoms with van der Waals surface area (Å²) in [6, 6.07) is 3.71. The van der Waals surface area contributed by atoms with E-state index in [4.69, 9.17) is 4.74 Å².